The van der Waals surface area contributed by atoms with Crippen LogP contribution in [0.4, 0.5) is 5.69 Å². The number of nitro benzene ring substituents is 1. The van der Waals surface area contributed by atoms with E-state index in [0.717, 1.165) is 33.3 Å². The minimum Gasteiger partial charge on any atom is -0.357 e. The van der Waals surface area contributed by atoms with Gasteiger partial charge in [0.1, 0.15) is 6.33 Å². The lowest BCUT2D eigenvalue weighted by Gasteiger charge is -2.32. The Bertz CT molecular complexity index is 1670. The second-order valence-electron chi connectivity index (χ2n) is 8.87. The molecule has 5 aromatic rings. The number of hydrogen-bond donors (Lipinski definition) is 2. The molecule has 2 aromatic heterocycles. The van der Waals surface area contributed by atoms with Crippen LogP contribution in [0.2, 0.25) is 10.0 Å². The molecule has 186 valence electrons. The van der Waals surface area contributed by atoms with E-state index in [9.17, 15) is 10.1 Å². The fourth-order valence-electron chi connectivity index (χ4n) is 4.97. The molecule has 2 atom stereocenters. The van der Waals surface area contributed by atoms with Gasteiger partial charge >= 0.3 is 0 Å². The molecule has 11 heteroatoms. The van der Waals surface area contributed by atoms with Crippen molar-refractivity contribution >= 4 is 51.6 Å². The zero-order chi connectivity index (χ0) is 25.7. The van der Waals surface area contributed by atoms with E-state index >= 15 is 0 Å². The first-order valence-electron chi connectivity index (χ1n) is 11.5. The number of benzene rings is 3. The Labute approximate surface area is 226 Å². The van der Waals surface area contributed by atoms with Crippen LogP contribution in [0.1, 0.15) is 34.3 Å². The van der Waals surface area contributed by atoms with Gasteiger partial charge in [-0.3, -0.25) is 10.1 Å². The number of aryl methyl sites for hydroxylation is 1. The molecule has 0 bridgehead atoms. The van der Waals surface area contributed by atoms with Gasteiger partial charge in [0, 0.05) is 52.2 Å². The van der Waals surface area contributed by atoms with E-state index in [0.29, 0.717) is 26.6 Å². The van der Waals surface area contributed by atoms with Gasteiger partial charge < -0.3 is 14.9 Å². The van der Waals surface area contributed by atoms with Crippen LogP contribution in [-0.2, 0) is 7.05 Å². The summed E-state index contributed by atoms with van der Waals surface area (Å²) in [6.07, 6.45) is 1.56. The molecule has 6 rings (SSSR count). The third-order valence-electron chi connectivity index (χ3n) is 6.66. The molecule has 8 nitrogen and oxygen atoms in total. The standard InChI is InChI=1S/C26H20Cl2N6O2S/c1-33-13-30-32-26(33)37-22-9-6-14(10-21(22)34(35)36)24-25-23(17-4-2-3-5-20(17)31-25)18(12-29-24)16-8-7-15(27)11-19(16)28/h2-11,13,18,24,29,31H,12H2,1H3/t18-,24+/m1/s1. The van der Waals surface area contributed by atoms with Crippen LogP contribution in [0.3, 0.4) is 0 Å². The molecule has 0 spiro atoms. The van der Waals surface area contributed by atoms with Crippen molar-refractivity contribution in [2.75, 3.05) is 6.54 Å². The molecule has 0 saturated heterocycles. The van der Waals surface area contributed by atoms with Gasteiger partial charge in [0.2, 0.25) is 0 Å². The maximum atomic E-state index is 12.1. The normalized spacial score (nSPS) is 17.2. The van der Waals surface area contributed by atoms with Crippen LogP contribution in [0, 0.1) is 10.1 Å². The van der Waals surface area contributed by atoms with E-state index in [-0.39, 0.29) is 22.6 Å². The number of aromatic nitrogens is 4. The minimum atomic E-state index is -0.354. The predicted molar refractivity (Wildman–Crippen MR) is 145 cm³/mol. The first-order valence-corrected chi connectivity index (χ1v) is 13.1. The number of nitrogens with zero attached hydrogens (tertiary/aromatic N) is 4. The van der Waals surface area contributed by atoms with Crippen molar-refractivity contribution < 1.29 is 4.92 Å². The second kappa shape index (κ2) is 9.50. The Kier molecular flexibility index (Phi) is 6.16. The van der Waals surface area contributed by atoms with Crippen molar-refractivity contribution in [1.82, 2.24) is 25.1 Å². The molecule has 0 saturated carbocycles. The van der Waals surface area contributed by atoms with Crippen molar-refractivity contribution in [2.45, 2.75) is 22.0 Å². The fourth-order valence-corrected chi connectivity index (χ4v) is 6.36. The van der Waals surface area contributed by atoms with Crippen LogP contribution < -0.4 is 5.32 Å². The number of para-hydroxylation sites is 1. The molecule has 1 aliphatic rings. The maximum absolute atomic E-state index is 12.1. The van der Waals surface area contributed by atoms with Crippen LogP contribution >= 0.6 is 35.0 Å². The summed E-state index contributed by atoms with van der Waals surface area (Å²) < 4.78 is 1.73. The predicted octanol–water partition coefficient (Wildman–Crippen LogP) is 6.49. The zero-order valence-electron chi connectivity index (χ0n) is 19.5. The van der Waals surface area contributed by atoms with E-state index in [1.54, 1.807) is 36.1 Å². The van der Waals surface area contributed by atoms with Gasteiger partial charge in [-0.25, -0.2) is 0 Å². The van der Waals surface area contributed by atoms with Crippen molar-refractivity contribution in [1.29, 1.82) is 0 Å². The highest BCUT2D eigenvalue weighted by atomic mass is 35.5. The average molecular weight is 551 g/mol. The summed E-state index contributed by atoms with van der Waals surface area (Å²) in [5.41, 5.74) is 4.88. The van der Waals surface area contributed by atoms with Crippen LogP contribution in [0.25, 0.3) is 10.9 Å². The Balaban J connectivity index is 1.46. The number of H-pyrrole nitrogens is 1. The van der Waals surface area contributed by atoms with Crippen LogP contribution in [-0.4, -0.2) is 31.2 Å². The van der Waals surface area contributed by atoms with Crippen LogP contribution in [0.5, 0.6) is 0 Å². The Morgan fingerprint density at radius 2 is 1.97 bits per heavy atom. The summed E-state index contributed by atoms with van der Waals surface area (Å²) in [5.74, 6) is -0.0205. The number of fused-ring (bicyclic) bond motifs is 3. The quantitative estimate of drug-likeness (QED) is 0.191. The van der Waals surface area contributed by atoms with E-state index in [1.165, 1.54) is 11.8 Å². The van der Waals surface area contributed by atoms with Crippen LogP contribution in [0.15, 0.2) is 77.0 Å². The fraction of sp³-hybridized carbons (Fsp3) is 0.154. The van der Waals surface area contributed by atoms with Gasteiger partial charge in [0.25, 0.3) is 5.69 Å². The third-order valence-corrected chi connectivity index (χ3v) is 8.34. The molecule has 37 heavy (non-hydrogen) atoms. The van der Waals surface area contributed by atoms with E-state index in [2.05, 4.69) is 26.6 Å². The van der Waals surface area contributed by atoms with Crippen molar-refractivity contribution in [3.05, 3.63) is 110 Å². The Hall–Kier alpha value is -3.37. The monoisotopic (exact) mass is 550 g/mol. The Morgan fingerprint density at radius 1 is 1.14 bits per heavy atom. The second-order valence-corrected chi connectivity index (χ2v) is 10.7. The van der Waals surface area contributed by atoms with Gasteiger partial charge in [0.15, 0.2) is 5.16 Å². The summed E-state index contributed by atoms with van der Waals surface area (Å²) in [5, 5.41) is 26.4. The van der Waals surface area contributed by atoms with E-state index < -0.39 is 0 Å². The lowest BCUT2D eigenvalue weighted by atomic mass is 9.83. The van der Waals surface area contributed by atoms with Crippen molar-refractivity contribution in [3.63, 3.8) is 0 Å². The lowest BCUT2D eigenvalue weighted by molar-refractivity contribution is -0.387. The maximum Gasteiger partial charge on any atom is 0.283 e. The zero-order valence-corrected chi connectivity index (χ0v) is 21.8. The molecule has 2 N–H and O–H groups in total. The molecule has 0 fully saturated rings. The van der Waals surface area contributed by atoms with Crippen molar-refractivity contribution in [2.24, 2.45) is 7.05 Å². The molecule has 0 radical (unpaired) electrons. The van der Waals surface area contributed by atoms with Gasteiger partial charge in [-0.15, -0.1) is 10.2 Å². The first kappa shape index (κ1) is 24.0. The molecular weight excluding hydrogens is 531 g/mol. The number of rotatable bonds is 5. The number of hydrogen-bond acceptors (Lipinski definition) is 6. The molecule has 0 unspecified atom stereocenters. The van der Waals surface area contributed by atoms with E-state index in [4.69, 9.17) is 23.2 Å². The van der Waals surface area contributed by atoms with Crippen molar-refractivity contribution in [3.8, 4) is 0 Å². The first-order chi connectivity index (χ1) is 17.9. The van der Waals surface area contributed by atoms with E-state index in [1.807, 2.05) is 36.4 Å². The molecule has 3 aromatic carbocycles. The SMILES string of the molecule is Cn1cnnc1Sc1ccc([C@@H]2NC[C@H](c3ccc(Cl)cc3Cl)c3c2[nH]c2ccccc32)cc1[N+](=O)[O-]. The summed E-state index contributed by atoms with van der Waals surface area (Å²) in [7, 11) is 1.80. The highest BCUT2D eigenvalue weighted by Crippen LogP contribution is 2.44. The van der Waals surface area contributed by atoms with Gasteiger partial charge in [0.05, 0.1) is 15.9 Å². The van der Waals surface area contributed by atoms with Gasteiger partial charge in [-0.2, -0.15) is 0 Å². The molecule has 1 aliphatic heterocycles. The largest absolute Gasteiger partial charge is 0.357 e. The topological polar surface area (TPSA) is 102 Å². The summed E-state index contributed by atoms with van der Waals surface area (Å²) in [6, 6.07) is 18.8. The van der Waals surface area contributed by atoms with Gasteiger partial charge in [-0.1, -0.05) is 53.5 Å². The number of aromatic amines is 1. The minimum absolute atomic E-state index is 0.0205. The average Bonchev–Trinajstić information content (AvgIpc) is 3.47. The molecule has 0 aliphatic carbocycles. The molecular formula is C26H20Cl2N6O2S. The highest BCUT2D eigenvalue weighted by Gasteiger charge is 2.34. The highest BCUT2D eigenvalue weighted by molar-refractivity contribution is 7.99. The Morgan fingerprint density at radius 3 is 2.73 bits per heavy atom. The number of halogens is 2. The number of nitrogens with one attached hydrogen (secondary N) is 2. The summed E-state index contributed by atoms with van der Waals surface area (Å²) >= 11 is 14.0. The number of nitro groups is 1. The third kappa shape index (κ3) is 4.27. The smallest absolute Gasteiger partial charge is 0.283 e. The molecule has 3 heterocycles. The molecule has 0 amide bonds. The van der Waals surface area contributed by atoms with Gasteiger partial charge in [-0.05, 0) is 52.7 Å². The lowest BCUT2D eigenvalue weighted by Crippen LogP contribution is -2.34. The summed E-state index contributed by atoms with van der Waals surface area (Å²) in [4.78, 5) is 15.8. The summed E-state index contributed by atoms with van der Waals surface area (Å²) in [6.45, 7) is 0.601.